The number of carbonyl (C=O) groups excluding carboxylic acids is 1. The zero-order valence-electron chi connectivity index (χ0n) is 13.0. The van der Waals surface area contributed by atoms with E-state index in [1.807, 2.05) is 74.5 Å². The van der Waals surface area contributed by atoms with Crippen LogP contribution in [0.15, 0.2) is 60.7 Å². The molecule has 2 aromatic carbocycles. The predicted octanol–water partition coefficient (Wildman–Crippen LogP) is 3.32. The molecule has 1 atom stereocenters. The molecule has 114 valence electrons. The van der Waals surface area contributed by atoms with E-state index in [0.717, 1.165) is 11.1 Å². The van der Waals surface area contributed by atoms with Gasteiger partial charge in [-0.25, -0.2) is 0 Å². The lowest BCUT2D eigenvalue weighted by molar-refractivity contribution is -0.159. The van der Waals surface area contributed by atoms with Crippen molar-refractivity contribution < 1.29 is 9.53 Å². The second kappa shape index (κ2) is 5.93. The zero-order chi connectivity index (χ0) is 15.6. The predicted molar refractivity (Wildman–Crippen MR) is 86.4 cm³/mol. The van der Waals surface area contributed by atoms with Crippen molar-refractivity contribution in [3.63, 3.8) is 0 Å². The highest BCUT2D eigenvalue weighted by Gasteiger charge is 2.44. The fourth-order valence-electron chi connectivity index (χ4n) is 2.77. The van der Waals surface area contributed by atoms with Crippen LogP contribution >= 0.6 is 0 Å². The number of esters is 1. The Morgan fingerprint density at radius 1 is 1.05 bits per heavy atom. The van der Waals surface area contributed by atoms with E-state index in [9.17, 15) is 4.79 Å². The van der Waals surface area contributed by atoms with Gasteiger partial charge in [0, 0.05) is 12.1 Å². The van der Waals surface area contributed by atoms with Crippen molar-refractivity contribution >= 4 is 5.97 Å². The number of ether oxygens (including phenoxy) is 1. The molecule has 2 aromatic rings. The van der Waals surface area contributed by atoms with Gasteiger partial charge < -0.3 is 10.1 Å². The van der Waals surface area contributed by atoms with Gasteiger partial charge in [0.2, 0.25) is 0 Å². The Bertz CT molecular complexity index is 597. The monoisotopic (exact) mass is 295 g/mol. The van der Waals surface area contributed by atoms with E-state index < -0.39 is 0 Å². The lowest BCUT2D eigenvalue weighted by atomic mass is 9.80. The normalized spacial score (nSPS) is 19.5. The second-order valence-corrected chi connectivity index (χ2v) is 6.29. The van der Waals surface area contributed by atoms with Crippen molar-refractivity contribution in [2.45, 2.75) is 25.5 Å². The fraction of sp³-hybridized carbons (Fsp3) is 0.316. The SMILES string of the molecule is CC1(C)NCC1C(=O)OC(c1ccccc1)c1ccccc1. The maximum absolute atomic E-state index is 12.5. The average molecular weight is 295 g/mol. The summed E-state index contributed by atoms with van der Waals surface area (Å²) < 4.78 is 5.88. The maximum atomic E-state index is 12.5. The molecule has 1 N–H and O–H groups in total. The van der Waals surface area contributed by atoms with Crippen LogP contribution < -0.4 is 5.32 Å². The van der Waals surface area contributed by atoms with Crippen LogP contribution in [0.1, 0.15) is 31.1 Å². The van der Waals surface area contributed by atoms with Gasteiger partial charge in [0.05, 0.1) is 5.92 Å². The van der Waals surface area contributed by atoms with Gasteiger partial charge in [0.1, 0.15) is 0 Å². The molecule has 0 spiro atoms. The molecule has 3 nitrogen and oxygen atoms in total. The van der Waals surface area contributed by atoms with Gasteiger partial charge in [0.15, 0.2) is 6.10 Å². The molecule has 0 radical (unpaired) electrons. The minimum absolute atomic E-state index is 0.0950. The number of benzene rings is 2. The van der Waals surface area contributed by atoms with Crippen molar-refractivity contribution in [1.82, 2.24) is 5.32 Å². The molecule has 3 rings (SSSR count). The van der Waals surface area contributed by atoms with Gasteiger partial charge in [-0.15, -0.1) is 0 Å². The fourth-order valence-corrected chi connectivity index (χ4v) is 2.77. The van der Waals surface area contributed by atoms with Gasteiger partial charge in [-0.05, 0) is 25.0 Å². The molecule has 1 aliphatic rings. The smallest absolute Gasteiger partial charge is 0.313 e. The molecule has 22 heavy (non-hydrogen) atoms. The number of nitrogens with one attached hydrogen (secondary N) is 1. The lowest BCUT2D eigenvalue weighted by Crippen LogP contribution is -2.64. The summed E-state index contributed by atoms with van der Waals surface area (Å²) in [6.07, 6.45) is -0.355. The minimum Gasteiger partial charge on any atom is -0.452 e. The van der Waals surface area contributed by atoms with E-state index in [-0.39, 0.29) is 23.5 Å². The molecular formula is C19H21NO2. The first-order chi connectivity index (χ1) is 10.6. The summed E-state index contributed by atoms with van der Waals surface area (Å²) in [6.45, 7) is 4.74. The highest BCUT2D eigenvalue weighted by molar-refractivity contribution is 5.76. The Balaban J connectivity index is 1.85. The van der Waals surface area contributed by atoms with Gasteiger partial charge >= 0.3 is 5.97 Å². The molecule has 1 saturated heterocycles. The second-order valence-electron chi connectivity index (χ2n) is 6.29. The van der Waals surface area contributed by atoms with Gasteiger partial charge in [-0.2, -0.15) is 0 Å². The first-order valence-corrected chi connectivity index (χ1v) is 7.63. The number of carbonyl (C=O) groups is 1. The Labute approximate surface area is 131 Å². The Morgan fingerprint density at radius 2 is 1.55 bits per heavy atom. The summed E-state index contributed by atoms with van der Waals surface area (Å²) in [5.74, 6) is -0.233. The van der Waals surface area contributed by atoms with Crippen LogP contribution in [0.5, 0.6) is 0 Å². The topological polar surface area (TPSA) is 38.3 Å². The van der Waals surface area contributed by atoms with E-state index in [0.29, 0.717) is 6.54 Å². The van der Waals surface area contributed by atoms with Crippen molar-refractivity contribution in [1.29, 1.82) is 0 Å². The number of hydrogen-bond donors (Lipinski definition) is 1. The quantitative estimate of drug-likeness (QED) is 0.879. The standard InChI is InChI=1S/C19H21NO2/c1-19(2)16(13-20-19)18(21)22-17(14-9-5-3-6-10-14)15-11-7-4-8-12-15/h3-12,16-17,20H,13H2,1-2H3. The molecule has 1 heterocycles. The lowest BCUT2D eigenvalue weighted by Gasteiger charge is -2.44. The summed E-state index contributed by atoms with van der Waals surface area (Å²) in [6, 6.07) is 19.8. The largest absolute Gasteiger partial charge is 0.452 e. The van der Waals surface area contributed by atoms with Gasteiger partial charge in [-0.3, -0.25) is 4.79 Å². The Morgan fingerprint density at radius 3 is 1.91 bits per heavy atom. The minimum atomic E-state index is -0.355. The van der Waals surface area contributed by atoms with E-state index in [4.69, 9.17) is 4.74 Å². The Hall–Kier alpha value is -2.13. The van der Waals surface area contributed by atoms with Gasteiger partial charge in [-0.1, -0.05) is 60.7 Å². The average Bonchev–Trinajstić information content (AvgIpc) is 2.53. The van der Waals surface area contributed by atoms with Crippen LogP contribution in [-0.4, -0.2) is 18.1 Å². The summed E-state index contributed by atoms with van der Waals surface area (Å²) in [4.78, 5) is 12.5. The summed E-state index contributed by atoms with van der Waals surface area (Å²) in [7, 11) is 0. The molecular weight excluding hydrogens is 274 g/mol. The van der Waals surface area contributed by atoms with Crippen molar-refractivity contribution in [3.8, 4) is 0 Å². The van der Waals surface area contributed by atoms with Crippen molar-refractivity contribution in [2.24, 2.45) is 5.92 Å². The third-order valence-electron chi connectivity index (χ3n) is 4.36. The molecule has 0 saturated carbocycles. The molecule has 0 aromatic heterocycles. The molecule has 1 unspecified atom stereocenters. The Kier molecular flexibility index (Phi) is 3.99. The summed E-state index contributed by atoms with van der Waals surface area (Å²) >= 11 is 0. The van der Waals surface area contributed by atoms with E-state index in [1.165, 1.54) is 0 Å². The van der Waals surface area contributed by atoms with Crippen molar-refractivity contribution in [3.05, 3.63) is 71.8 Å². The van der Waals surface area contributed by atoms with Crippen LogP contribution in [0, 0.1) is 5.92 Å². The highest BCUT2D eigenvalue weighted by atomic mass is 16.5. The van der Waals surface area contributed by atoms with Crippen molar-refractivity contribution in [2.75, 3.05) is 6.54 Å². The summed E-state index contributed by atoms with van der Waals surface area (Å²) in [5.41, 5.74) is 1.80. The number of hydrogen-bond acceptors (Lipinski definition) is 3. The third-order valence-corrected chi connectivity index (χ3v) is 4.36. The number of rotatable bonds is 4. The first-order valence-electron chi connectivity index (χ1n) is 7.63. The molecule has 3 heteroatoms. The molecule has 0 aliphatic carbocycles. The highest BCUT2D eigenvalue weighted by Crippen LogP contribution is 2.31. The van der Waals surface area contributed by atoms with Crippen LogP contribution in [-0.2, 0) is 9.53 Å². The molecule has 0 amide bonds. The maximum Gasteiger partial charge on any atom is 0.313 e. The molecule has 0 bridgehead atoms. The zero-order valence-corrected chi connectivity index (χ0v) is 13.0. The summed E-state index contributed by atoms with van der Waals surface area (Å²) in [5, 5.41) is 3.27. The van der Waals surface area contributed by atoms with E-state index in [1.54, 1.807) is 0 Å². The van der Waals surface area contributed by atoms with Gasteiger partial charge in [0.25, 0.3) is 0 Å². The van der Waals surface area contributed by atoms with E-state index >= 15 is 0 Å². The van der Waals surface area contributed by atoms with E-state index in [2.05, 4.69) is 5.32 Å². The third kappa shape index (κ3) is 2.90. The van der Waals surface area contributed by atoms with Crippen LogP contribution in [0.4, 0.5) is 0 Å². The van der Waals surface area contributed by atoms with Crippen LogP contribution in [0.2, 0.25) is 0 Å². The van der Waals surface area contributed by atoms with Crippen LogP contribution in [0.3, 0.4) is 0 Å². The molecule has 1 aliphatic heterocycles. The first kappa shape index (κ1) is 14.8. The van der Waals surface area contributed by atoms with Crippen LogP contribution in [0.25, 0.3) is 0 Å². The molecule has 1 fully saturated rings.